The first-order valence-electron chi connectivity index (χ1n) is 8.98. The Morgan fingerprint density at radius 3 is 2.92 bits per heavy atom. The molecular formula is C20H22N4O2. The molecule has 0 N–H and O–H groups in total. The third-order valence-electron chi connectivity index (χ3n) is 4.91. The standard InChI is InChI=1S/C20H22N4O2/c1-3-26-13-16-12-21-19-14(2)23(10-11-24(16)19)20(25)18-9-8-15-6-4-5-7-17(15)22-18/h4-9,12,14H,3,10-11,13H2,1-2H3. The van der Waals surface area contributed by atoms with Crippen molar-refractivity contribution in [3.8, 4) is 0 Å². The van der Waals surface area contributed by atoms with E-state index in [1.165, 1.54) is 0 Å². The van der Waals surface area contributed by atoms with Gasteiger partial charge in [-0.05, 0) is 26.0 Å². The number of hydrogen-bond acceptors (Lipinski definition) is 4. The fraction of sp³-hybridized carbons (Fsp3) is 0.350. The van der Waals surface area contributed by atoms with Crippen LogP contribution in [-0.4, -0.2) is 38.5 Å². The van der Waals surface area contributed by atoms with E-state index >= 15 is 0 Å². The van der Waals surface area contributed by atoms with Gasteiger partial charge in [0.2, 0.25) is 0 Å². The molecule has 3 aromatic rings. The van der Waals surface area contributed by atoms with Gasteiger partial charge in [-0.15, -0.1) is 0 Å². The van der Waals surface area contributed by atoms with Gasteiger partial charge in [0.15, 0.2) is 0 Å². The minimum absolute atomic E-state index is 0.0520. The lowest BCUT2D eigenvalue weighted by Gasteiger charge is -2.34. The molecule has 0 aliphatic carbocycles. The monoisotopic (exact) mass is 350 g/mol. The minimum atomic E-state index is -0.0973. The summed E-state index contributed by atoms with van der Waals surface area (Å²) in [5.74, 6) is 0.851. The summed E-state index contributed by atoms with van der Waals surface area (Å²) < 4.78 is 7.68. The molecule has 2 aromatic heterocycles. The second kappa shape index (κ2) is 6.88. The molecule has 0 bridgehead atoms. The quantitative estimate of drug-likeness (QED) is 0.725. The zero-order valence-corrected chi connectivity index (χ0v) is 15.1. The smallest absolute Gasteiger partial charge is 0.273 e. The van der Waals surface area contributed by atoms with Crippen molar-refractivity contribution in [1.82, 2.24) is 19.4 Å². The van der Waals surface area contributed by atoms with E-state index in [2.05, 4.69) is 14.5 Å². The van der Waals surface area contributed by atoms with Crippen molar-refractivity contribution in [3.63, 3.8) is 0 Å². The average molecular weight is 350 g/mol. The molecule has 0 fully saturated rings. The van der Waals surface area contributed by atoms with Crippen LogP contribution in [0.1, 0.15) is 41.9 Å². The lowest BCUT2D eigenvalue weighted by Crippen LogP contribution is -2.41. The molecular weight excluding hydrogens is 328 g/mol. The molecule has 0 saturated carbocycles. The number of rotatable bonds is 4. The van der Waals surface area contributed by atoms with Crippen molar-refractivity contribution in [2.75, 3.05) is 13.2 Å². The molecule has 6 nitrogen and oxygen atoms in total. The number of hydrogen-bond donors (Lipinski definition) is 0. The van der Waals surface area contributed by atoms with Crippen LogP contribution >= 0.6 is 0 Å². The van der Waals surface area contributed by atoms with Crippen molar-refractivity contribution in [2.24, 2.45) is 0 Å². The number of amides is 1. The van der Waals surface area contributed by atoms with E-state index in [1.807, 2.05) is 55.3 Å². The average Bonchev–Trinajstić information content (AvgIpc) is 3.09. The van der Waals surface area contributed by atoms with Crippen LogP contribution in [0, 0.1) is 0 Å². The number of pyridine rings is 1. The van der Waals surface area contributed by atoms with Crippen molar-refractivity contribution in [3.05, 3.63) is 59.8 Å². The van der Waals surface area contributed by atoms with Gasteiger partial charge in [0.05, 0.1) is 30.1 Å². The number of imidazole rings is 1. The summed E-state index contributed by atoms with van der Waals surface area (Å²) in [4.78, 5) is 24.0. The third-order valence-corrected chi connectivity index (χ3v) is 4.91. The number of carbonyl (C=O) groups is 1. The van der Waals surface area contributed by atoms with Gasteiger partial charge in [0.25, 0.3) is 5.91 Å². The first-order chi connectivity index (χ1) is 12.7. The van der Waals surface area contributed by atoms with Gasteiger partial charge < -0.3 is 14.2 Å². The molecule has 6 heteroatoms. The lowest BCUT2D eigenvalue weighted by atomic mass is 10.1. The van der Waals surface area contributed by atoms with Gasteiger partial charge in [0.1, 0.15) is 11.5 Å². The summed E-state index contributed by atoms with van der Waals surface area (Å²) in [5, 5.41) is 1.03. The number of para-hydroxylation sites is 1. The van der Waals surface area contributed by atoms with E-state index in [1.54, 1.807) is 6.07 Å². The Hall–Kier alpha value is -2.73. The molecule has 134 valence electrons. The molecule has 0 spiro atoms. The Balaban J connectivity index is 1.59. The normalized spacial score (nSPS) is 16.7. The minimum Gasteiger partial charge on any atom is -0.375 e. The van der Waals surface area contributed by atoms with Crippen molar-refractivity contribution in [2.45, 2.75) is 33.0 Å². The largest absolute Gasteiger partial charge is 0.375 e. The maximum Gasteiger partial charge on any atom is 0.273 e. The van der Waals surface area contributed by atoms with E-state index < -0.39 is 0 Å². The van der Waals surface area contributed by atoms with Crippen LogP contribution in [0.4, 0.5) is 0 Å². The summed E-state index contributed by atoms with van der Waals surface area (Å²) >= 11 is 0. The molecule has 0 saturated heterocycles. The number of benzene rings is 1. The van der Waals surface area contributed by atoms with Crippen molar-refractivity contribution in [1.29, 1.82) is 0 Å². The second-order valence-corrected chi connectivity index (χ2v) is 6.46. The number of carbonyl (C=O) groups excluding carboxylic acids is 1. The number of aromatic nitrogens is 3. The van der Waals surface area contributed by atoms with Crippen LogP contribution in [0.2, 0.25) is 0 Å². The third kappa shape index (κ3) is 2.86. The number of fused-ring (bicyclic) bond motifs is 2. The van der Waals surface area contributed by atoms with Gasteiger partial charge in [0, 0.05) is 25.1 Å². The molecule has 3 heterocycles. The summed E-state index contributed by atoms with van der Waals surface area (Å²) in [7, 11) is 0. The molecule has 4 rings (SSSR count). The van der Waals surface area contributed by atoms with Crippen LogP contribution in [-0.2, 0) is 17.9 Å². The topological polar surface area (TPSA) is 60.2 Å². The molecule has 0 radical (unpaired) electrons. The highest BCUT2D eigenvalue weighted by Gasteiger charge is 2.31. The first-order valence-corrected chi connectivity index (χ1v) is 8.98. The molecule has 1 aromatic carbocycles. The zero-order chi connectivity index (χ0) is 18.1. The second-order valence-electron chi connectivity index (χ2n) is 6.46. The van der Waals surface area contributed by atoms with Crippen LogP contribution in [0.3, 0.4) is 0 Å². The molecule has 1 amide bonds. The van der Waals surface area contributed by atoms with Crippen molar-refractivity contribution < 1.29 is 9.53 Å². The van der Waals surface area contributed by atoms with Gasteiger partial charge >= 0.3 is 0 Å². The first kappa shape index (κ1) is 16.7. The van der Waals surface area contributed by atoms with Crippen LogP contribution in [0.5, 0.6) is 0 Å². The summed E-state index contributed by atoms with van der Waals surface area (Å²) in [5.41, 5.74) is 2.37. The molecule has 1 aliphatic heterocycles. The highest BCUT2D eigenvalue weighted by molar-refractivity contribution is 5.95. The van der Waals surface area contributed by atoms with Crippen molar-refractivity contribution >= 4 is 16.8 Å². The van der Waals surface area contributed by atoms with Crippen LogP contribution in [0.15, 0.2) is 42.6 Å². The predicted octanol–water partition coefficient (Wildman–Crippen LogP) is 3.18. The van der Waals surface area contributed by atoms with E-state index in [0.717, 1.165) is 29.0 Å². The Morgan fingerprint density at radius 2 is 2.08 bits per heavy atom. The van der Waals surface area contributed by atoms with E-state index in [4.69, 9.17) is 4.74 Å². The van der Waals surface area contributed by atoms with Crippen LogP contribution < -0.4 is 0 Å². The van der Waals surface area contributed by atoms with E-state index in [-0.39, 0.29) is 11.9 Å². The van der Waals surface area contributed by atoms with Gasteiger partial charge in [-0.25, -0.2) is 9.97 Å². The fourth-order valence-electron chi connectivity index (χ4n) is 3.49. The summed E-state index contributed by atoms with van der Waals surface area (Å²) in [6, 6.07) is 11.5. The predicted molar refractivity (Wildman–Crippen MR) is 98.8 cm³/mol. The maximum atomic E-state index is 13.0. The maximum absolute atomic E-state index is 13.0. The van der Waals surface area contributed by atoms with E-state index in [0.29, 0.717) is 25.5 Å². The molecule has 26 heavy (non-hydrogen) atoms. The molecule has 1 unspecified atom stereocenters. The van der Waals surface area contributed by atoms with Gasteiger partial charge in [-0.1, -0.05) is 24.3 Å². The number of ether oxygens (including phenoxy) is 1. The molecule has 1 atom stereocenters. The highest BCUT2D eigenvalue weighted by atomic mass is 16.5. The Kier molecular flexibility index (Phi) is 4.42. The SMILES string of the molecule is CCOCc1cnc2n1CCN(C(=O)c1ccc3ccccc3n1)C2C. The Morgan fingerprint density at radius 1 is 1.23 bits per heavy atom. The molecule has 1 aliphatic rings. The van der Waals surface area contributed by atoms with Gasteiger partial charge in [-0.2, -0.15) is 0 Å². The highest BCUT2D eigenvalue weighted by Crippen LogP contribution is 2.27. The Labute approximate surface area is 152 Å². The van der Waals surface area contributed by atoms with E-state index in [9.17, 15) is 4.79 Å². The lowest BCUT2D eigenvalue weighted by molar-refractivity contribution is 0.0624. The summed E-state index contributed by atoms with van der Waals surface area (Å²) in [6.45, 7) is 6.58. The number of nitrogens with zero attached hydrogens (tertiary/aromatic N) is 4. The van der Waals surface area contributed by atoms with Crippen LogP contribution in [0.25, 0.3) is 10.9 Å². The summed E-state index contributed by atoms with van der Waals surface area (Å²) in [6.07, 6.45) is 1.85. The Bertz CT molecular complexity index is 950. The zero-order valence-electron chi connectivity index (χ0n) is 15.1. The van der Waals surface area contributed by atoms with Gasteiger partial charge in [-0.3, -0.25) is 4.79 Å². The fourth-order valence-corrected chi connectivity index (χ4v) is 3.49.